The van der Waals surface area contributed by atoms with E-state index in [2.05, 4.69) is 25.4 Å². The lowest BCUT2D eigenvalue weighted by atomic mass is 9.72. The number of ketones is 2. The van der Waals surface area contributed by atoms with Gasteiger partial charge in [0.25, 0.3) is 0 Å². The van der Waals surface area contributed by atoms with Gasteiger partial charge in [0.05, 0.1) is 0 Å². The number of aliphatic hydroxyl groups is 3. The molecule has 0 unspecified atom stereocenters. The van der Waals surface area contributed by atoms with E-state index in [1.165, 1.54) is 0 Å². The molecule has 0 bridgehead atoms. The molecule has 0 saturated heterocycles. The van der Waals surface area contributed by atoms with E-state index < -0.39 is 58.2 Å². The van der Waals surface area contributed by atoms with Gasteiger partial charge in [0.2, 0.25) is 15.9 Å². The van der Waals surface area contributed by atoms with Crippen molar-refractivity contribution in [1.29, 1.82) is 0 Å². The summed E-state index contributed by atoms with van der Waals surface area (Å²) in [6, 6.07) is 0. The van der Waals surface area contributed by atoms with Crippen LogP contribution in [-0.4, -0.2) is 73.5 Å². The van der Waals surface area contributed by atoms with Crippen molar-refractivity contribution in [3.8, 4) is 0 Å². The van der Waals surface area contributed by atoms with Crippen LogP contribution in [0.1, 0.15) is 27.7 Å². The van der Waals surface area contributed by atoms with E-state index in [9.17, 15) is 39.3 Å². The lowest BCUT2D eigenvalue weighted by Gasteiger charge is -2.43. The van der Waals surface area contributed by atoms with Crippen molar-refractivity contribution < 1.29 is 48.8 Å². The topological polar surface area (TPSA) is 164 Å². The summed E-state index contributed by atoms with van der Waals surface area (Å²) in [5.74, 6) is -4.67. The molecule has 0 aromatic rings. The maximum atomic E-state index is 12.0. The van der Waals surface area contributed by atoms with Gasteiger partial charge in [-0.15, -0.1) is 0 Å². The summed E-state index contributed by atoms with van der Waals surface area (Å²) in [7, 11) is 0. The Morgan fingerprint density at radius 1 is 0.960 bits per heavy atom. The summed E-state index contributed by atoms with van der Waals surface area (Å²) < 4.78 is 7.69. The Hall–Kier alpha value is -1.69. The van der Waals surface area contributed by atoms with Crippen LogP contribution in [0, 0.1) is 0 Å². The minimum absolute atomic E-state index is 0.705. The van der Waals surface area contributed by atoms with Crippen LogP contribution in [0.15, 0.2) is 0 Å². The van der Waals surface area contributed by atoms with E-state index >= 15 is 0 Å². The molecule has 0 radical (unpaired) electrons. The number of aliphatic hydroxyl groups excluding tert-OH is 1. The molecule has 0 aliphatic carbocycles. The van der Waals surface area contributed by atoms with Crippen molar-refractivity contribution >= 4 is 44.1 Å². The first kappa shape index (κ1) is 23.3. The van der Waals surface area contributed by atoms with Crippen LogP contribution < -0.4 is 0 Å². The van der Waals surface area contributed by atoms with Gasteiger partial charge < -0.3 is 24.8 Å². The van der Waals surface area contributed by atoms with E-state index in [0.717, 1.165) is 13.8 Å². The van der Waals surface area contributed by atoms with Gasteiger partial charge in [-0.1, -0.05) is 0 Å². The number of ether oxygens (including phenoxy) is 2. The van der Waals surface area contributed by atoms with Crippen LogP contribution >= 0.6 is 15.9 Å². The second kappa shape index (κ2) is 8.61. The van der Waals surface area contributed by atoms with Crippen molar-refractivity contribution in [2.75, 3.05) is 6.61 Å². The zero-order valence-corrected chi connectivity index (χ0v) is 15.5. The SMILES string of the molecule is CC(=O)OC[C@@H](O)[C@@H](OC(C)=O)[C@@](O)(C(C)=O)[C@](O)(C(C)=O)C(=O)Br. The molecule has 10 nitrogen and oxygen atoms in total. The minimum Gasteiger partial charge on any atom is -0.463 e. The highest BCUT2D eigenvalue weighted by Gasteiger charge is 2.67. The molecule has 0 rings (SSSR count). The summed E-state index contributed by atoms with van der Waals surface area (Å²) in [5, 5.41) is 31.3. The van der Waals surface area contributed by atoms with Gasteiger partial charge in [-0.3, -0.25) is 24.0 Å². The quantitative estimate of drug-likeness (QED) is 0.222. The number of hydrogen-bond acceptors (Lipinski definition) is 10. The monoisotopic (exact) mass is 426 g/mol. The van der Waals surface area contributed by atoms with Crippen molar-refractivity contribution in [3.63, 3.8) is 0 Å². The number of carbonyl (C=O) groups is 5. The Morgan fingerprint density at radius 2 is 1.44 bits per heavy atom. The summed E-state index contributed by atoms with van der Waals surface area (Å²) in [4.78, 5) is 57.8. The Morgan fingerprint density at radius 3 is 1.72 bits per heavy atom. The van der Waals surface area contributed by atoms with Crippen LogP contribution in [0.3, 0.4) is 0 Å². The summed E-state index contributed by atoms with van der Waals surface area (Å²) in [6.45, 7) is 2.41. The maximum Gasteiger partial charge on any atom is 0.303 e. The zero-order chi connectivity index (χ0) is 20.2. The molecule has 0 fully saturated rings. The molecule has 3 N–H and O–H groups in total. The summed E-state index contributed by atoms with van der Waals surface area (Å²) in [5.41, 5.74) is -6.74. The summed E-state index contributed by atoms with van der Waals surface area (Å²) >= 11 is 2.32. The van der Waals surface area contributed by atoms with Gasteiger partial charge in [0.15, 0.2) is 17.7 Å². The second-order valence-electron chi connectivity index (χ2n) is 5.26. The molecule has 0 aromatic carbocycles. The predicted octanol–water partition coefficient (Wildman–Crippen LogP) is -1.60. The van der Waals surface area contributed by atoms with Gasteiger partial charge >= 0.3 is 11.9 Å². The largest absolute Gasteiger partial charge is 0.463 e. The number of rotatable bonds is 9. The average Bonchev–Trinajstić information content (AvgIpc) is 2.47. The highest BCUT2D eigenvalue weighted by molar-refractivity contribution is 9.18. The van der Waals surface area contributed by atoms with Gasteiger partial charge in [0, 0.05) is 13.8 Å². The van der Waals surface area contributed by atoms with Crippen LogP contribution in [0.4, 0.5) is 0 Å². The fraction of sp³-hybridized carbons (Fsp3) is 0.643. The van der Waals surface area contributed by atoms with Gasteiger partial charge in [0.1, 0.15) is 12.7 Å². The summed E-state index contributed by atoms with van der Waals surface area (Å²) in [6.07, 6.45) is -4.34. The lowest BCUT2D eigenvalue weighted by Crippen LogP contribution is -2.73. The van der Waals surface area contributed by atoms with Crippen LogP contribution in [0.5, 0.6) is 0 Å². The third kappa shape index (κ3) is 4.69. The molecule has 25 heavy (non-hydrogen) atoms. The Bertz CT molecular complexity index is 572. The van der Waals surface area contributed by atoms with Crippen LogP contribution in [0.25, 0.3) is 0 Å². The zero-order valence-electron chi connectivity index (χ0n) is 13.9. The number of Topliss-reactive ketones (excluding diaryl/α,β-unsaturated/α-hetero) is 2. The molecule has 11 heteroatoms. The molecule has 0 spiro atoms. The van der Waals surface area contributed by atoms with Crippen molar-refractivity contribution in [2.24, 2.45) is 0 Å². The molecule has 4 atom stereocenters. The Kier molecular flexibility index (Phi) is 8.02. The first-order valence-corrected chi connectivity index (χ1v) is 7.67. The molecule has 0 amide bonds. The number of halogens is 1. The average molecular weight is 427 g/mol. The van der Waals surface area contributed by atoms with E-state index in [0.29, 0.717) is 13.8 Å². The third-order valence-electron chi connectivity index (χ3n) is 3.39. The van der Waals surface area contributed by atoms with Gasteiger partial charge in [-0.25, -0.2) is 0 Å². The van der Waals surface area contributed by atoms with Crippen LogP contribution in [-0.2, 0) is 33.4 Å². The first-order chi connectivity index (χ1) is 11.2. The van der Waals surface area contributed by atoms with Crippen molar-refractivity contribution in [2.45, 2.75) is 51.1 Å². The predicted molar refractivity (Wildman–Crippen MR) is 83.4 cm³/mol. The smallest absolute Gasteiger partial charge is 0.303 e. The molecule has 0 aliphatic heterocycles. The van der Waals surface area contributed by atoms with Gasteiger partial charge in [-0.05, 0) is 29.8 Å². The molecule has 0 heterocycles. The highest BCUT2D eigenvalue weighted by atomic mass is 79.9. The van der Waals surface area contributed by atoms with Crippen molar-refractivity contribution in [3.05, 3.63) is 0 Å². The third-order valence-corrected chi connectivity index (χ3v) is 3.97. The fourth-order valence-corrected chi connectivity index (χ4v) is 2.71. The molecular weight excluding hydrogens is 408 g/mol. The maximum absolute atomic E-state index is 12.0. The lowest BCUT2D eigenvalue weighted by molar-refractivity contribution is -0.223. The molecule has 0 aliphatic rings. The number of carbonyl (C=O) groups excluding carboxylic acids is 5. The second-order valence-corrected chi connectivity index (χ2v) is 5.98. The fourth-order valence-electron chi connectivity index (χ4n) is 2.13. The van der Waals surface area contributed by atoms with E-state index in [-0.39, 0.29) is 0 Å². The number of hydrogen-bond donors (Lipinski definition) is 3. The van der Waals surface area contributed by atoms with E-state index in [4.69, 9.17) is 0 Å². The standard InChI is InChI=1S/C14H19BrO10/c1-6(16)13(22,14(23,7(2)17)12(15)21)11(25-9(4)19)10(20)5-24-8(3)18/h10-11,20,22-23H,5H2,1-4H3/t10-,11-,13+,14+/m1/s1. The van der Waals surface area contributed by atoms with E-state index in [1.807, 2.05) is 0 Å². The first-order valence-electron chi connectivity index (χ1n) is 6.88. The Balaban J connectivity index is 6.36. The highest BCUT2D eigenvalue weighted by Crippen LogP contribution is 2.34. The Labute approximate surface area is 151 Å². The van der Waals surface area contributed by atoms with Gasteiger partial charge in [-0.2, -0.15) is 0 Å². The number of esters is 2. The van der Waals surface area contributed by atoms with E-state index in [1.54, 1.807) is 0 Å². The molecule has 0 aromatic heterocycles. The van der Waals surface area contributed by atoms with Crippen molar-refractivity contribution in [1.82, 2.24) is 0 Å². The molecule has 142 valence electrons. The minimum atomic E-state index is -3.38. The molecular formula is C14H19BrO10. The normalized spacial score (nSPS) is 18.1. The van der Waals surface area contributed by atoms with Crippen LogP contribution in [0.2, 0.25) is 0 Å². The molecule has 0 saturated carbocycles.